The fraction of sp³-hybridized carbons (Fsp3) is 0.333. The first-order valence-corrected chi connectivity index (χ1v) is 7.86. The molecule has 1 aliphatic rings. The number of ether oxygens (including phenoxy) is 1. The van der Waals surface area contributed by atoms with Crippen LogP contribution in [0.15, 0.2) is 24.3 Å². The lowest BCUT2D eigenvalue weighted by Crippen LogP contribution is -2.22. The van der Waals surface area contributed by atoms with Gasteiger partial charge < -0.3 is 10.1 Å². The van der Waals surface area contributed by atoms with Crippen molar-refractivity contribution in [1.82, 2.24) is 0 Å². The molecule has 0 aromatic heterocycles. The van der Waals surface area contributed by atoms with Gasteiger partial charge in [-0.05, 0) is 30.9 Å². The van der Waals surface area contributed by atoms with Crippen LogP contribution in [0.25, 0.3) is 0 Å². The smallest absolute Gasteiger partial charge is 0.306 e. The molecule has 0 radical (unpaired) electrons. The van der Waals surface area contributed by atoms with Crippen molar-refractivity contribution in [2.75, 3.05) is 11.9 Å². The highest BCUT2D eigenvalue weighted by molar-refractivity contribution is 6.42. The van der Waals surface area contributed by atoms with Crippen LogP contribution in [0.1, 0.15) is 19.3 Å². The van der Waals surface area contributed by atoms with Crippen LogP contribution in [0.3, 0.4) is 0 Å². The van der Waals surface area contributed by atoms with E-state index in [0.717, 1.165) is 12.8 Å². The van der Waals surface area contributed by atoms with E-state index in [9.17, 15) is 9.59 Å². The summed E-state index contributed by atoms with van der Waals surface area (Å²) in [5, 5.41) is 3.30. The fourth-order valence-electron chi connectivity index (χ4n) is 2.12. The molecule has 0 unspecified atom stereocenters. The first-order chi connectivity index (χ1) is 10.5. The number of anilines is 1. The third-order valence-electron chi connectivity index (χ3n) is 3.18. The Morgan fingerprint density at radius 1 is 1.23 bits per heavy atom. The van der Waals surface area contributed by atoms with Crippen LogP contribution in [-0.2, 0) is 14.3 Å². The summed E-state index contributed by atoms with van der Waals surface area (Å²) in [4.78, 5) is 23.4. The topological polar surface area (TPSA) is 55.4 Å². The Morgan fingerprint density at radius 3 is 2.50 bits per heavy atom. The number of hydrogen-bond donors (Lipinski definition) is 1. The van der Waals surface area contributed by atoms with Crippen molar-refractivity contribution in [3.05, 3.63) is 39.4 Å². The second kappa shape index (κ2) is 7.86. The van der Waals surface area contributed by atoms with Gasteiger partial charge in [0.05, 0.1) is 22.2 Å². The van der Waals surface area contributed by atoms with Gasteiger partial charge in [0, 0.05) is 5.02 Å². The number of hydrogen-bond acceptors (Lipinski definition) is 3. The lowest BCUT2D eigenvalue weighted by atomic mass is 10.1. The SMILES string of the molecule is O=C(COC(=O)C[C@H]1C=CCC1)Nc1c(Cl)cc(Cl)cc1Cl. The average Bonchev–Trinajstić information content (AvgIpc) is 2.93. The van der Waals surface area contributed by atoms with E-state index in [1.165, 1.54) is 12.1 Å². The van der Waals surface area contributed by atoms with Crippen LogP contribution in [0.5, 0.6) is 0 Å². The molecule has 0 bridgehead atoms. The zero-order chi connectivity index (χ0) is 16.1. The number of esters is 1. The predicted octanol–water partition coefficient (Wildman–Crippen LogP) is 4.48. The number of benzene rings is 1. The summed E-state index contributed by atoms with van der Waals surface area (Å²) in [6, 6.07) is 2.92. The molecule has 0 spiro atoms. The van der Waals surface area contributed by atoms with E-state index >= 15 is 0 Å². The molecule has 4 nitrogen and oxygen atoms in total. The third kappa shape index (κ3) is 4.90. The summed E-state index contributed by atoms with van der Waals surface area (Å²) < 4.78 is 4.94. The molecule has 22 heavy (non-hydrogen) atoms. The highest BCUT2D eigenvalue weighted by Crippen LogP contribution is 2.33. The maximum absolute atomic E-state index is 11.8. The summed E-state index contributed by atoms with van der Waals surface area (Å²) in [6.45, 7) is -0.384. The Hall–Kier alpha value is -1.23. The summed E-state index contributed by atoms with van der Waals surface area (Å²) in [7, 11) is 0. The summed E-state index contributed by atoms with van der Waals surface area (Å²) in [5.41, 5.74) is 0.243. The molecule has 2 rings (SSSR count). The summed E-state index contributed by atoms with van der Waals surface area (Å²) in [5.74, 6) is -0.711. The van der Waals surface area contributed by atoms with Crippen molar-refractivity contribution >= 4 is 52.4 Å². The Labute approximate surface area is 143 Å². The van der Waals surface area contributed by atoms with E-state index in [4.69, 9.17) is 39.5 Å². The number of rotatable bonds is 5. The number of amides is 1. The van der Waals surface area contributed by atoms with E-state index in [1.54, 1.807) is 0 Å². The van der Waals surface area contributed by atoms with Crippen molar-refractivity contribution in [2.45, 2.75) is 19.3 Å². The minimum atomic E-state index is -0.513. The summed E-state index contributed by atoms with van der Waals surface area (Å²) in [6.07, 6.45) is 6.24. The van der Waals surface area contributed by atoms with Gasteiger partial charge in [0.15, 0.2) is 6.61 Å². The van der Waals surface area contributed by atoms with Crippen molar-refractivity contribution in [1.29, 1.82) is 0 Å². The largest absolute Gasteiger partial charge is 0.456 e. The van der Waals surface area contributed by atoms with E-state index in [2.05, 4.69) is 5.32 Å². The van der Waals surface area contributed by atoms with Crippen molar-refractivity contribution in [3.8, 4) is 0 Å². The lowest BCUT2D eigenvalue weighted by Gasteiger charge is -2.11. The monoisotopic (exact) mass is 361 g/mol. The molecule has 0 aliphatic heterocycles. The molecule has 7 heteroatoms. The van der Waals surface area contributed by atoms with Gasteiger partial charge in [-0.3, -0.25) is 9.59 Å². The Morgan fingerprint density at radius 2 is 1.91 bits per heavy atom. The molecule has 1 aliphatic carbocycles. The maximum Gasteiger partial charge on any atom is 0.306 e. The molecule has 0 fully saturated rings. The van der Waals surface area contributed by atoms with Crippen LogP contribution in [-0.4, -0.2) is 18.5 Å². The third-order valence-corrected chi connectivity index (χ3v) is 3.99. The van der Waals surface area contributed by atoms with Crippen LogP contribution >= 0.6 is 34.8 Å². The van der Waals surface area contributed by atoms with E-state index in [1.807, 2.05) is 12.2 Å². The molecule has 1 aromatic rings. The minimum Gasteiger partial charge on any atom is -0.456 e. The Kier molecular flexibility index (Phi) is 6.12. The molecule has 1 aromatic carbocycles. The number of allylic oxidation sites excluding steroid dienone is 2. The lowest BCUT2D eigenvalue weighted by molar-refractivity contribution is -0.147. The highest BCUT2D eigenvalue weighted by Gasteiger charge is 2.17. The molecule has 1 amide bonds. The second-order valence-corrected chi connectivity index (χ2v) is 6.17. The molecule has 0 saturated carbocycles. The highest BCUT2D eigenvalue weighted by atomic mass is 35.5. The average molecular weight is 363 g/mol. The van der Waals surface area contributed by atoms with Gasteiger partial charge in [-0.15, -0.1) is 0 Å². The van der Waals surface area contributed by atoms with Crippen LogP contribution in [0.4, 0.5) is 5.69 Å². The quantitative estimate of drug-likeness (QED) is 0.620. The van der Waals surface area contributed by atoms with Gasteiger partial charge in [-0.1, -0.05) is 47.0 Å². The van der Waals surface area contributed by atoms with E-state index < -0.39 is 11.9 Å². The second-order valence-electron chi connectivity index (χ2n) is 4.92. The van der Waals surface area contributed by atoms with Gasteiger partial charge in [-0.25, -0.2) is 0 Å². The van der Waals surface area contributed by atoms with Gasteiger partial charge in [0.2, 0.25) is 0 Å². The zero-order valence-electron chi connectivity index (χ0n) is 11.6. The maximum atomic E-state index is 11.8. The Bertz CT molecular complexity index is 593. The number of halogens is 3. The van der Waals surface area contributed by atoms with Gasteiger partial charge in [-0.2, -0.15) is 0 Å². The minimum absolute atomic E-state index is 0.204. The van der Waals surface area contributed by atoms with E-state index in [-0.39, 0.29) is 34.7 Å². The first kappa shape index (κ1) is 17.1. The van der Waals surface area contributed by atoms with Gasteiger partial charge >= 0.3 is 5.97 Å². The van der Waals surface area contributed by atoms with Crippen molar-refractivity contribution in [2.24, 2.45) is 5.92 Å². The molecule has 1 atom stereocenters. The Balaban J connectivity index is 1.83. The molecular weight excluding hydrogens is 349 g/mol. The van der Waals surface area contributed by atoms with Crippen molar-refractivity contribution in [3.63, 3.8) is 0 Å². The molecule has 1 N–H and O–H groups in total. The number of carbonyl (C=O) groups excluding carboxylic acids is 2. The number of carbonyl (C=O) groups is 2. The number of nitrogens with one attached hydrogen (secondary N) is 1. The molecular formula is C15H14Cl3NO3. The molecule has 118 valence electrons. The van der Waals surface area contributed by atoms with Gasteiger partial charge in [0.1, 0.15) is 0 Å². The van der Waals surface area contributed by atoms with E-state index in [0.29, 0.717) is 5.02 Å². The molecule has 0 saturated heterocycles. The van der Waals surface area contributed by atoms with Crippen LogP contribution in [0, 0.1) is 5.92 Å². The fourth-order valence-corrected chi connectivity index (χ4v) is 3.03. The van der Waals surface area contributed by atoms with Crippen LogP contribution < -0.4 is 5.32 Å². The van der Waals surface area contributed by atoms with Gasteiger partial charge in [0.25, 0.3) is 5.91 Å². The van der Waals surface area contributed by atoms with Crippen LogP contribution in [0.2, 0.25) is 15.1 Å². The standard InChI is InChI=1S/C15H14Cl3NO3/c16-10-6-11(17)15(12(18)7-10)19-13(20)8-22-14(21)5-9-3-1-2-4-9/h1,3,6-7,9H,2,4-5,8H2,(H,19,20)/t9-/m0/s1. The normalized spacial score (nSPS) is 16.6. The predicted molar refractivity (Wildman–Crippen MR) is 87.5 cm³/mol. The van der Waals surface area contributed by atoms with Crippen molar-refractivity contribution < 1.29 is 14.3 Å². The molecule has 0 heterocycles. The zero-order valence-corrected chi connectivity index (χ0v) is 13.8. The first-order valence-electron chi connectivity index (χ1n) is 6.72. The summed E-state index contributed by atoms with van der Waals surface area (Å²) >= 11 is 17.7.